The SMILES string of the molecule is Fc1cc(CCC2CCCCC2)ccc1-c1cc(F)c(-c2ccc3c(F)c(C#CC(F)(F)F)c(F)cc3c2)c(F)c1. The Kier molecular flexibility index (Phi) is 8.08. The van der Waals surface area contributed by atoms with Crippen LogP contribution in [0.15, 0.2) is 54.6 Å². The van der Waals surface area contributed by atoms with Gasteiger partial charge in [0.1, 0.15) is 29.1 Å². The van der Waals surface area contributed by atoms with E-state index in [0.29, 0.717) is 5.92 Å². The van der Waals surface area contributed by atoms with Crippen molar-refractivity contribution in [2.75, 3.05) is 0 Å². The second-order valence-electron chi connectivity index (χ2n) is 10.4. The largest absolute Gasteiger partial charge is 0.458 e. The van der Waals surface area contributed by atoms with Gasteiger partial charge in [-0.05, 0) is 71.2 Å². The van der Waals surface area contributed by atoms with Crippen molar-refractivity contribution in [2.45, 2.75) is 51.1 Å². The van der Waals surface area contributed by atoms with Gasteiger partial charge in [0, 0.05) is 16.9 Å². The summed E-state index contributed by atoms with van der Waals surface area (Å²) >= 11 is 0. The summed E-state index contributed by atoms with van der Waals surface area (Å²) in [5.41, 5.74) is -0.784. The minimum atomic E-state index is -4.95. The zero-order chi connectivity index (χ0) is 29.3. The maximum absolute atomic E-state index is 15.2. The summed E-state index contributed by atoms with van der Waals surface area (Å²) < 4.78 is 112. The van der Waals surface area contributed by atoms with Crippen molar-refractivity contribution in [3.63, 3.8) is 0 Å². The van der Waals surface area contributed by atoms with Gasteiger partial charge >= 0.3 is 6.18 Å². The van der Waals surface area contributed by atoms with Crippen LogP contribution in [0.3, 0.4) is 0 Å². The number of aryl methyl sites for hydroxylation is 1. The third kappa shape index (κ3) is 6.40. The molecule has 4 aromatic rings. The van der Waals surface area contributed by atoms with E-state index < -0.39 is 46.4 Å². The van der Waals surface area contributed by atoms with Gasteiger partial charge in [-0.25, -0.2) is 22.0 Å². The lowest BCUT2D eigenvalue weighted by atomic mass is 9.85. The summed E-state index contributed by atoms with van der Waals surface area (Å²) in [4.78, 5) is 0. The van der Waals surface area contributed by atoms with Crippen LogP contribution < -0.4 is 0 Å². The second-order valence-corrected chi connectivity index (χ2v) is 10.4. The minimum Gasteiger partial charge on any atom is -0.206 e. The van der Waals surface area contributed by atoms with Gasteiger partial charge in [0.25, 0.3) is 0 Å². The van der Waals surface area contributed by atoms with Crippen LogP contribution in [0, 0.1) is 46.8 Å². The highest BCUT2D eigenvalue weighted by Crippen LogP contribution is 2.35. The molecule has 0 aromatic heterocycles. The first-order chi connectivity index (χ1) is 19.5. The molecule has 0 nitrogen and oxygen atoms in total. The minimum absolute atomic E-state index is 0.00848. The maximum atomic E-state index is 15.2. The van der Waals surface area contributed by atoms with E-state index in [4.69, 9.17) is 0 Å². The average Bonchev–Trinajstić information content (AvgIpc) is 2.91. The molecule has 212 valence electrons. The number of benzene rings is 4. The summed E-state index contributed by atoms with van der Waals surface area (Å²) in [7, 11) is 0. The molecule has 1 fully saturated rings. The Hall–Kier alpha value is -3.86. The smallest absolute Gasteiger partial charge is 0.206 e. The van der Waals surface area contributed by atoms with Gasteiger partial charge in [0.05, 0.1) is 11.1 Å². The Balaban J connectivity index is 1.43. The predicted octanol–water partition coefficient (Wildman–Crippen LogP) is 10.3. The third-order valence-electron chi connectivity index (χ3n) is 7.60. The molecule has 4 aromatic carbocycles. The monoisotopic (exact) mass is 572 g/mol. The van der Waals surface area contributed by atoms with Crippen LogP contribution in [0.5, 0.6) is 0 Å². The van der Waals surface area contributed by atoms with Crippen molar-refractivity contribution in [3.8, 4) is 34.1 Å². The molecule has 0 spiro atoms. The molecule has 0 aliphatic heterocycles. The average molecular weight is 573 g/mol. The third-order valence-corrected chi connectivity index (χ3v) is 7.60. The first-order valence-corrected chi connectivity index (χ1v) is 13.3. The van der Waals surface area contributed by atoms with Crippen LogP contribution in [-0.4, -0.2) is 6.18 Å². The Morgan fingerprint density at radius 1 is 0.707 bits per heavy atom. The topological polar surface area (TPSA) is 0 Å². The fraction of sp³-hybridized carbons (Fsp3) is 0.273. The van der Waals surface area contributed by atoms with Gasteiger partial charge in [0.15, 0.2) is 0 Å². The number of rotatable bonds is 5. The van der Waals surface area contributed by atoms with E-state index >= 15 is 13.2 Å². The lowest BCUT2D eigenvalue weighted by molar-refractivity contribution is -0.0696. The van der Waals surface area contributed by atoms with E-state index in [0.717, 1.165) is 60.7 Å². The van der Waals surface area contributed by atoms with Crippen molar-refractivity contribution < 1.29 is 35.1 Å². The Morgan fingerprint density at radius 2 is 1.41 bits per heavy atom. The molecule has 0 amide bonds. The summed E-state index contributed by atoms with van der Waals surface area (Å²) in [5, 5.41) is -0.405. The summed E-state index contributed by atoms with van der Waals surface area (Å²) in [5.74, 6) is -2.39. The molecule has 1 aliphatic rings. The van der Waals surface area contributed by atoms with Crippen LogP contribution in [0.1, 0.15) is 49.7 Å². The molecule has 0 heterocycles. The molecule has 0 atom stereocenters. The fourth-order valence-corrected chi connectivity index (χ4v) is 5.53. The number of fused-ring (bicyclic) bond motifs is 1. The number of hydrogen-bond donors (Lipinski definition) is 0. The highest BCUT2D eigenvalue weighted by atomic mass is 19.4. The summed E-state index contributed by atoms with van der Waals surface area (Å²) in [6.07, 6.45) is 2.82. The Bertz CT molecular complexity index is 1640. The molecular weight excluding hydrogens is 548 g/mol. The van der Waals surface area contributed by atoms with Gasteiger partial charge in [-0.3, -0.25) is 0 Å². The summed E-state index contributed by atoms with van der Waals surface area (Å²) in [6.45, 7) is 0. The van der Waals surface area contributed by atoms with Crippen molar-refractivity contribution in [2.24, 2.45) is 5.92 Å². The van der Waals surface area contributed by atoms with Gasteiger partial charge < -0.3 is 0 Å². The van der Waals surface area contributed by atoms with E-state index in [1.165, 1.54) is 50.2 Å². The molecular formula is C33H24F8. The standard InChI is InChI=1S/C33H24F8/c34-27-14-20(7-6-19-4-2-1-3-5-19)8-10-24(27)23-17-29(36)31(30(37)18-23)21-9-11-25-22(15-21)16-28(35)26(32(25)38)12-13-33(39,40)41/h8-11,14-19H,1-7H2. The van der Waals surface area contributed by atoms with Gasteiger partial charge in [-0.1, -0.05) is 62.3 Å². The van der Waals surface area contributed by atoms with Crippen molar-refractivity contribution >= 4 is 10.8 Å². The summed E-state index contributed by atoms with van der Waals surface area (Å²) in [6, 6.07) is 10.7. The molecule has 41 heavy (non-hydrogen) atoms. The predicted molar refractivity (Wildman–Crippen MR) is 142 cm³/mol. The molecule has 8 heteroatoms. The van der Waals surface area contributed by atoms with Crippen LogP contribution in [0.4, 0.5) is 35.1 Å². The van der Waals surface area contributed by atoms with Gasteiger partial charge in [0.2, 0.25) is 0 Å². The fourth-order valence-electron chi connectivity index (χ4n) is 5.53. The normalized spacial score (nSPS) is 14.2. The zero-order valence-corrected chi connectivity index (χ0v) is 21.7. The van der Waals surface area contributed by atoms with Crippen molar-refractivity contribution in [1.82, 2.24) is 0 Å². The second kappa shape index (κ2) is 11.6. The van der Waals surface area contributed by atoms with E-state index in [-0.39, 0.29) is 27.5 Å². The van der Waals surface area contributed by atoms with Crippen LogP contribution >= 0.6 is 0 Å². The van der Waals surface area contributed by atoms with Gasteiger partial charge in [-0.15, -0.1) is 0 Å². The first kappa shape index (κ1) is 28.7. The molecule has 1 aliphatic carbocycles. The van der Waals surface area contributed by atoms with Crippen molar-refractivity contribution in [3.05, 3.63) is 94.8 Å². The Morgan fingerprint density at radius 3 is 2.07 bits per heavy atom. The molecule has 0 unspecified atom stereocenters. The highest BCUT2D eigenvalue weighted by molar-refractivity contribution is 5.89. The van der Waals surface area contributed by atoms with Crippen LogP contribution in [-0.2, 0) is 6.42 Å². The van der Waals surface area contributed by atoms with Crippen molar-refractivity contribution in [1.29, 1.82) is 0 Å². The molecule has 0 bridgehead atoms. The van der Waals surface area contributed by atoms with E-state index in [2.05, 4.69) is 0 Å². The molecule has 0 radical (unpaired) electrons. The van der Waals surface area contributed by atoms with Gasteiger partial charge in [-0.2, -0.15) is 13.2 Å². The zero-order valence-electron chi connectivity index (χ0n) is 21.7. The number of alkyl halides is 3. The maximum Gasteiger partial charge on any atom is 0.458 e. The van der Waals surface area contributed by atoms with E-state index in [1.807, 2.05) is 0 Å². The van der Waals surface area contributed by atoms with E-state index in [9.17, 15) is 22.0 Å². The Labute approximate surface area is 232 Å². The molecule has 0 N–H and O–H groups in total. The lowest BCUT2D eigenvalue weighted by Gasteiger charge is -2.21. The van der Waals surface area contributed by atoms with Crippen LogP contribution in [0.25, 0.3) is 33.0 Å². The number of hydrogen-bond acceptors (Lipinski definition) is 0. The molecule has 5 rings (SSSR count). The molecule has 1 saturated carbocycles. The number of halogens is 8. The quantitative estimate of drug-likeness (QED) is 0.165. The molecule has 0 saturated heterocycles. The van der Waals surface area contributed by atoms with E-state index in [1.54, 1.807) is 6.07 Å². The van der Waals surface area contributed by atoms with Crippen LogP contribution in [0.2, 0.25) is 0 Å². The first-order valence-electron chi connectivity index (χ1n) is 13.3. The lowest BCUT2D eigenvalue weighted by Crippen LogP contribution is -2.07. The highest BCUT2D eigenvalue weighted by Gasteiger charge is 2.24.